The lowest BCUT2D eigenvalue weighted by atomic mass is 10.1. The highest BCUT2D eigenvalue weighted by molar-refractivity contribution is 7.11. The van der Waals surface area contributed by atoms with Crippen LogP contribution in [0.2, 0.25) is 0 Å². The number of hydrogen-bond donors (Lipinski definition) is 0. The zero-order chi connectivity index (χ0) is 16.2. The van der Waals surface area contributed by atoms with Gasteiger partial charge in [-0.1, -0.05) is 32.3 Å². The average molecular weight is 332 g/mol. The first-order chi connectivity index (χ1) is 11.2. The van der Waals surface area contributed by atoms with Crippen LogP contribution in [0.4, 0.5) is 0 Å². The molecule has 0 aliphatic carbocycles. The van der Waals surface area contributed by atoms with Gasteiger partial charge in [0.2, 0.25) is 0 Å². The molecule has 2 aliphatic rings. The molecule has 0 spiro atoms. The van der Waals surface area contributed by atoms with Crippen molar-refractivity contribution in [3.63, 3.8) is 0 Å². The van der Waals surface area contributed by atoms with Gasteiger partial charge in [0.15, 0.2) is 0 Å². The average Bonchev–Trinajstić information content (AvgIpc) is 3.27. The van der Waals surface area contributed by atoms with Crippen molar-refractivity contribution >= 4 is 28.7 Å². The van der Waals surface area contributed by atoms with E-state index in [0.29, 0.717) is 17.8 Å². The van der Waals surface area contributed by atoms with Crippen LogP contribution in [0.3, 0.4) is 0 Å². The molecule has 1 aromatic rings. The molecule has 0 unspecified atom stereocenters. The van der Waals surface area contributed by atoms with Gasteiger partial charge in [-0.15, -0.1) is 11.3 Å². The van der Waals surface area contributed by atoms with Crippen LogP contribution >= 0.6 is 11.3 Å². The molecule has 1 saturated heterocycles. The summed E-state index contributed by atoms with van der Waals surface area (Å²) in [5.74, 6) is -0.187. The minimum atomic E-state index is -0.101. The van der Waals surface area contributed by atoms with Gasteiger partial charge in [-0.2, -0.15) is 0 Å². The third kappa shape index (κ3) is 3.20. The molecular formula is C18H24N2O2S. The number of likely N-dealkylation sites (tertiary alicyclic amines) is 1. The Morgan fingerprint density at radius 2 is 1.87 bits per heavy atom. The van der Waals surface area contributed by atoms with E-state index in [1.807, 2.05) is 17.5 Å². The van der Waals surface area contributed by atoms with Gasteiger partial charge in [0.1, 0.15) is 5.70 Å². The van der Waals surface area contributed by atoms with Crippen LogP contribution in [0.5, 0.6) is 0 Å². The van der Waals surface area contributed by atoms with Gasteiger partial charge < -0.3 is 4.90 Å². The second-order valence-electron chi connectivity index (χ2n) is 6.22. The van der Waals surface area contributed by atoms with Gasteiger partial charge in [0.25, 0.3) is 11.8 Å². The molecule has 1 aromatic heterocycles. The van der Waals surface area contributed by atoms with Gasteiger partial charge >= 0.3 is 0 Å². The molecule has 3 heterocycles. The lowest BCUT2D eigenvalue weighted by molar-refractivity contribution is -0.137. The summed E-state index contributed by atoms with van der Waals surface area (Å²) in [7, 11) is 0. The first-order valence-electron chi connectivity index (χ1n) is 8.63. The summed E-state index contributed by atoms with van der Waals surface area (Å²) >= 11 is 1.54. The smallest absolute Gasteiger partial charge is 0.277 e. The Hall–Kier alpha value is -1.62. The molecular weight excluding hydrogens is 308 g/mol. The predicted octanol–water partition coefficient (Wildman–Crippen LogP) is 3.50. The van der Waals surface area contributed by atoms with E-state index in [4.69, 9.17) is 0 Å². The monoisotopic (exact) mass is 332 g/mol. The molecule has 1 fully saturated rings. The fourth-order valence-electron chi connectivity index (χ4n) is 3.34. The normalized spacial score (nSPS) is 18.7. The van der Waals surface area contributed by atoms with E-state index in [2.05, 4.69) is 11.8 Å². The highest BCUT2D eigenvalue weighted by Gasteiger charge is 2.41. The zero-order valence-electron chi connectivity index (χ0n) is 13.7. The molecule has 2 amide bonds. The maximum absolute atomic E-state index is 12.9. The number of unbranched alkanes of at least 4 members (excludes halogenated alkanes) is 3. The molecule has 0 saturated carbocycles. The van der Waals surface area contributed by atoms with Crippen molar-refractivity contribution < 1.29 is 9.59 Å². The first-order valence-corrected chi connectivity index (χ1v) is 9.51. The second kappa shape index (κ2) is 7.30. The highest BCUT2D eigenvalue weighted by atomic mass is 32.1. The maximum Gasteiger partial charge on any atom is 0.277 e. The summed E-state index contributed by atoms with van der Waals surface area (Å²) in [5.41, 5.74) is 1.27. The van der Waals surface area contributed by atoms with Crippen molar-refractivity contribution in [1.29, 1.82) is 0 Å². The summed E-state index contributed by atoms with van der Waals surface area (Å²) in [6, 6.07) is 3.89. The van der Waals surface area contributed by atoms with Crippen LogP contribution in [-0.2, 0) is 9.59 Å². The number of rotatable bonds is 7. The van der Waals surface area contributed by atoms with Crippen molar-refractivity contribution in [3.05, 3.63) is 28.1 Å². The van der Waals surface area contributed by atoms with E-state index in [9.17, 15) is 9.59 Å². The van der Waals surface area contributed by atoms with E-state index in [-0.39, 0.29) is 11.8 Å². The van der Waals surface area contributed by atoms with E-state index < -0.39 is 0 Å². The molecule has 5 heteroatoms. The first kappa shape index (κ1) is 16.2. The Morgan fingerprint density at radius 3 is 2.52 bits per heavy atom. The standard InChI is InChI=1S/C18H24N2O2S/c1-2-3-4-5-12-20-17(21)15(14-9-8-13-23-14)16(18(20)22)19-10-6-7-11-19/h8-9,13H,2-7,10-12H2,1H3. The second-order valence-corrected chi connectivity index (χ2v) is 7.17. The lowest BCUT2D eigenvalue weighted by Gasteiger charge is -2.20. The van der Waals surface area contributed by atoms with Crippen molar-refractivity contribution in [2.24, 2.45) is 0 Å². The summed E-state index contributed by atoms with van der Waals surface area (Å²) in [4.78, 5) is 30.3. The van der Waals surface area contributed by atoms with Crippen LogP contribution in [0.25, 0.3) is 5.57 Å². The van der Waals surface area contributed by atoms with E-state index in [1.165, 1.54) is 16.2 Å². The Labute approximate surface area is 141 Å². The van der Waals surface area contributed by atoms with Gasteiger partial charge in [0.05, 0.1) is 5.57 Å². The number of carbonyl (C=O) groups is 2. The molecule has 124 valence electrons. The largest absolute Gasteiger partial charge is 0.366 e. The summed E-state index contributed by atoms with van der Waals surface area (Å²) in [6.07, 6.45) is 6.47. The predicted molar refractivity (Wildman–Crippen MR) is 92.9 cm³/mol. The van der Waals surface area contributed by atoms with Gasteiger partial charge in [-0.05, 0) is 30.7 Å². The summed E-state index contributed by atoms with van der Waals surface area (Å²) in [5, 5.41) is 1.96. The topological polar surface area (TPSA) is 40.6 Å². The van der Waals surface area contributed by atoms with Crippen molar-refractivity contribution in [1.82, 2.24) is 9.80 Å². The fraction of sp³-hybridized carbons (Fsp3) is 0.556. The van der Waals surface area contributed by atoms with E-state index in [0.717, 1.165) is 56.5 Å². The minimum absolute atomic E-state index is 0.0863. The molecule has 3 rings (SSSR count). The van der Waals surface area contributed by atoms with Crippen molar-refractivity contribution in [3.8, 4) is 0 Å². The van der Waals surface area contributed by atoms with E-state index in [1.54, 1.807) is 0 Å². The molecule has 0 radical (unpaired) electrons. The SMILES string of the molecule is CCCCCCN1C(=O)C(c2cccs2)=C(N2CCCC2)C1=O. The van der Waals surface area contributed by atoms with Crippen LogP contribution in [0.15, 0.2) is 23.2 Å². The van der Waals surface area contributed by atoms with Crippen LogP contribution < -0.4 is 0 Å². The molecule has 0 bridgehead atoms. The number of thiophene rings is 1. The van der Waals surface area contributed by atoms with Crippen molar-refractivity contribution in [2.45, 2.75) is 45.4 Å². The third-order valence-electron chi connectivity index (χ3n) is 4.57. The lowest BCUT2D eigenvalue weighted by Crippen LogP contribution is -2.35. The van der Waals surface area contributed by atoms with Gasteiger partial charge in [-0.3, -0.25) is 14.5 Å². The number of hydrogen-bond acceptors (Lipinski definition) is 4. The summed E-state index contributed by atoms with van der Waals surface area (Å²) in [6.45, 7) is 4.47. The van der Waals surface area contributed by atoms with Crippen LogP contribution in [-0.4, -0.2) is 41.2 Å². The Bertz CT molecular complexity index is 601. The number of imide groups is 1. The van der Waals surface area contributed by atoms with Crippen LogP contribution in [0, 0.1) is 0 Å². The van der Waals surface area contributed by atoms with Crippen LogP contribution in [0.1, 0.15) is 50.3 Å². The summed E-state index contributed by atoms with van der Waals surface area (Å²) < 4.78 is 0. The quantitative estimate of drug-likeness (QED) is 0.567. The third-order valence-corrected chi connectivity index (χ3v) is 5.46. The van der Waals surface area contributed by atoms with E-state index >= 15 is 0 Å². The zero-order valence-corrected chi connectivity index (χ0v) is 14.5. The van der Waals surface area contributed by atoms with Gasteiger partial charge in [0, 0.05) is 24.5 Å². The Kier molecular flexibility index (Phi) is 5.16. The number of carbonyl (C=O) groups excluding carboxylic acids is 2. The molecule has 2 aliphatic heterocycles. The molecule has 0 N–H and O–H groups in total. The van der Waals surface area contributed by atoms with Gasteiger partial charge in [-0.25, -0.2) is 0 Å². The Morgan fingerprint density at radius 1 is 1.09 bits per heavy atom. The highest BCUT2D eigenvalue weighted by Crippen LogP contribution is 2.35. The van der Waals surface area contributed by atoms with Crippen molar-refractivity contribution in [2.75, 3.05) is 19.6 Å². The maximum atomic E-state index is 12.9. The molecule has 23 heavy (non-hydrogen) atoms. The molecule has 0 aromatic carbocycles. The molecule has 4 nitrogen and oxygen atoms in total. The number of amides is 2. The fourth-order valence-corrected chi connectivity index (χ4v) is 4.10. The number of nitrogens with zero attached hydrogens (tertiary/aromatic N) is 2. The Balaban J connectivity index is 1.84. The molecule has 0 atom stereocenters. The minimum Gasteiger partial charge on any atom is -0.366 e.